The van der Waals surface area contributed by atoms with Crippen LogP contribution in [0.2, 0.25) is 0 Å². The van der Waals surface area contributed by atoms with Gasteiger partial charge in [-0.3, -0.25) is 0 Å². The summed E-state index contributed by atoms with van der Waals surface area (Å²) in [5.41, 5.74) is 0.222. The average molecular weight is 153 g/mol. The Morgan fingerprint density at radius 3 is 2.64 bits per heavy atom. The van der Waals surface area contributed by atoms with Crippen LogP contribution in [-0.4, -0.2) is 0 Å². The zero-order chi connectivity index (χ0) is 8.27. The summed E-state index contributed by atoms with van der Waals surface area (Å²) < 4.78 is 25.2. The van der Waals surface area contributed by atoms with Gasteiger partial charge in [0.15, 0.2) is 11.6 Å². The van der Waals surface area contributed by atoms with E-state index in [1.807, 2.05) is 0 Å². The number of halogens is 2. The first-order valence-electron chi connectivity index (χ1n) is 3.15. The number of hydrogen-bond donors (Lipinski definition) is 0. The van der Waals surface area contributed by atoms with E-state index in [4.69, 9.17) is 0 Å². The lowest BCUT2D eigenvalue weighted by Gasteiger charge is -1.98. The predicted octanol–water partition coefficient (Wildman–Crippen LogP) is 2.70. The fourth-order valence-electron chi connectivity index (χ4n) is 0.776. The number of hydrogen-bond acceptors (Lipinski definition) is 0. The first kappa shape index (κ1) is 7.92. The molecule has 0 saturated carbocycles. The zero-order valence-corrected chi connectivity index (χ0v) is 5.85. The summed E-state index contributed by atoms with van der Waals surface area (Å²) in [7, 11) is 0. The van der Waals surface area contributed by atoms with Gasteiger partial charge < -0.3 is 0 Å². The molecule has 0 amide bonds. The normalized spacial score (nSPS) is 9.64. The highest BCUT2D eigenvalue weighted by molar-refractivity contribution is 5.29. The van der Waals surface area contributed by atoms with Gasteiger partial charge in [-0.1, -0.05) is 18.2 Å². The highest BCUT2D eigenvalue weighted by Crippen LogP contribution is 2.12. The summed E-state index contributed by atoms with van der Waals surface area (Å²) in [6.07, 6.45) is 2.83. The summed E-state index contributed by atoms with van der Waals surface area (Å²) in [4.78, 5) is 0. The van der Waals surface area contributed by atoms with Crippen molar-refractivity contribution >= 4 is 0 Å². The van der Waals surface area contributed by atoms with E-state index in [1.54, 1.807) is 0 Å². The summed E-state index contributed by atoms with van der Waals surface area (Å²) in [5, 5.41) is 0. The summed E-state index contributed by atoms with van der Waals surface area (Å²) in [6.45, 7) is 3.38. The molecule has 0 bridgehead atoms. The summed E-state index contributed by atoms with van der Waals surface area (Å²) in [5.74, 6) is -1.66. The van der Waals surface area contributed by atoms with Gasteiger partial charge >= 0.3 is 0 Å². The van der Waals surface area contributed by atoms with Crippen molar-refractivity contribution in [2.45, 2.75) is 0 Å². The van der Waals surface area contributed by atoms with Crippen molar-refractivity contribution in [3.63, 3.8) is 0 Å². The molecule has 11 heavy (non-hydrogen) atoms. The lowest BCUT2D eigenvalue weighted by Crippen LogP contribution is -1.89. The fourth-order valence-corrected chi connectivity index (χ4v) is 0.776. The molecule has 0 spiro atoms. The van der Waals surface area contributed by atoms with E-state index in [0.29, 0.717) is 0 Å². The molecule has 0 nitrogen and oxygen atoms in total. The minimum Gasteiger partial charge on any atom is -0.204 e. The van der Waals surface area contributed by atoms with Crippen molar-refractivity contribution in [1.29, 1.82) is 0 Å². The van der Waals surface area contributed by atoms with E-state index in [-0.39, 0.29) is 5.56 Å². The Morgan fingerprint density at radius 2 is 2.00 bits per heavy atom. The van der Waals surface area contributed by atoms with Gasteiger partial charge in [0.25, 0.3) is 0 Å². The lowest BCUT2D eigenvalue weighted by molar-refractivity contribution is 0.505. The van der Waals surface area contributed by atoms with E-state index in [9.17, 15) is 8.78 Å². The van der Waals surface area contributed by atoms with Crippen LogP contribution in [0.25, 0.3) is 0 Å². The number of allylic oxidation sites excluding steroid dienone is 1. The second-order valence-corrected chi connectivity index (χ2v) is 2.05. The van der Waals surface area contributed by atoms with Crippen LogP contribution in [0.15, 0.2) is 30.9 Å². The minimum absolute atomic E-state index is 0.222. The maximum Gasteiger partial charge on any atom is 0.162 e. The monoisotopic (exact) mass is 153 g/mol. The van der Waals surface area contributed by atoms with Crippen LogP contribution in [-0.2, 0) is 0 Å². The van der Waals surface area contributed by atoms with Crippen molar-refractivity contribution in [3.05, 3.63) is 54.5 Å². The van der Waals surface area contributed by atoms with Gasteiger partial charge in [0.2, 0.25) is 0 Å². The highest BCUT2D eigenvalue weighted by Gasteiger charge is 2.04. The molecule has 0 aromatic heterocycles. The molecule has 0 aliphatic rings. The molecule has 0 atom stereocenters. The van der Waals surface area contributed by atoms with E-state index < -0.39 is 11.6 Å². The highest BCUT2D eigenvalue weighted by atomic mass is 19.2. The summed E-state index contributed by atoms with van der Waals surface area (Å²) >= 11 is 0. The second-order valence-electron chi connectivity index (χ2n) is 2.05. The van der Waals surface area contributed by atoms with Gasteiger partial charge in [0, 0.05) is 6.42 Å². The molecule has 0 fully saturated rings. The molecule has 0 unspecified atom stereocenters. The fraction of sp³-hybridized carbons (Fsp3) is 0. The maximum atomic E-state index is 12.7. The minimum atomic E-state index is -0.833. The van der Waals surface area contributed by atoms with Gasteiger partial charge in [-0.15, -0.1) is 6.58 Å². The largest absolute Gasteiger partial charge is 0.204 e. The third-order valence-corrected chi connectivity index (χ3v) is 1.28. The van der Waals surface area contributed by atoms with Crippen LogP contribution in [0.3, 0.4) is 0 Å². The lowest BCUT2D eigenvalue weighted by atomic mass is 10.1. The molecule has 2 heteroatoms. The third-order valence-electron chi connectivity index (χ3n) is 1.28. The summed E-state index contributed by atoms with van der Waals surface area (Å²) in [6, 6.07) is 4.02. The van der Waals surface area contributed by atoms with Crippen LogP contribution in [0, 0.1) is 18.1 Å². The Kier molecular flexibility index (Phi) is 2.36. The average Bonchev–Trinajstić information content (AvgIpc) is 1.99. The van der Waals surface area contributed by atoms with E-state index in [0.717, 1.165) is 6.07 Å². The molecule has 0 heterocycles. The van der Waals surface area contributed by atoms with Gasteiger partial charge in [-0.25, -0.2) is 8.78 Å². The van der Waals surface area contributed by atoms with Gasteiger partial charge in [-0.2, -0.15) is 0 Å². The van der Waals surface area contributed by atoms with Gasteiger partial charge in [0.05, 0.1) is 0 Å². The van der Waals surface area contributed by atoms with Crippen LogP contribution in [0.5, 0.6) is 0 Å². The third kappa shape index (κ3) is 1.64. The molecular weight excluding hydrogens is 146 g/mol. The van der Waals surface area contributed by atoms with Crippen LogP contribution in [0.4, 0.5) is 8.78 Å². The Morgan fingerprint density at radius 1 is 1.27 bits per heavy atom. The molecule has 0 saturated heterocycles. The van der Waals surface area contributed by atoms with Crippen molar-refractivity contribution in [2.24, 2.45) is 0 Å². The topological polar surface area (TPSA) is 0 Å². The van der Waals surface area contributed by atoms with Crippen molar-refractivity contribution in [1.82, 2.24) is 0 Å². The van der Waals surface area contributed by atoms with Gasteiger partial charge in [0.1, 0.15) is 0 Å². The van der Waals surface area contributed by atoms with E-state index >= 15 is 0 Å². The van der Waals surface area contributed by atoms with E-state index in [2.05, 4.69) is 6.58 Å². The first-order chi connectivity index (χ1) is 5.25. The van der Waals surface area contributed by atoms with Crippen molar-refractivity contribution in [2.75, 3.05) is 0 Å². The SMILES string of the molecule is C=C[CH]c1cccc(F)c1F. The molecule has 0 N–H and O–H groups in total. The first-order valence-corrected chi connectivity index (χ1v) is 3.15. The maximum absolute atomic E-state index is 12.7. The molecule has 1 aromatic carbocycles. The second kappa shape index (κ2) is 3.28. The Hall–Kier alpha value is -1.18. The molecule has 1 aromatic rings. The number of rotatable bonds is 2. The predicted molar refractivity (Wildman–Crippen MR) is 40.0 cm³/mol. The molecule has 1 radical (unpaired) electrons. The smallest absolute Gasteiger partial charge is 0.162 e. The zero-order valence-electron chi connectivity index (χ0n) is 5.85. The molecule has 0 aliphatic heterocycles. The quantitative estimate of drug-likeness (QED) is 0.612. The Labute approximate surface area is 64.2 Å². The molecular formula is C9H7F2. The Balaban J connectivity index is 3.05. The van der Waals surface area contributed by atoms with Crippen LogP contribution >= 0.6 is 0 Å². The van der Waals surface area contributed by atoms with Crippen LogP contribution in [0.1, 0.15) is 5.56 Å². The molecule has 1 rings (SSSR count). The standard InChI is InChI=1S/C9H7F2/c1-2-4-7-5-3-6-8(10)9(7)11/h2-6H,1H2. The molecule has 0 aliphatic carbocycles. The number of benzene rings is 1. The van der Waals surface area contributed by atoms with Crippen molar-refractivity contribution in [3.8, 4) is 0 Å². The van der Waals surface area contributed by atoms with E-state index in [1.165, 1.54) is 24.6 Å². The van der Waals surface area contributed by atoms with Gasteiger partial charge in [-0.05, 0) is 11.6 Å². The Bertz CT molecular complexity index is 266. The van der Waals surface area contributed by atoms with Crippen LogP contribution < -0.4 is 0 Å². The van der Waals surface area contributed by atoms with Crippen molar-refractivity contribution < 1.29 is 8.78 Å². The molecule has 57 valence electrons.